The van der Waals surface area contributed by atoms with E-state index in [1.54, 1.807) is 29.3 Å². The van der Waals surface area contributed by atoms with Crippen LogP contribution in [0.4, 0.5) is 5.82 Å². The fraction of sp³-hybridized carbons (Fsp3) is 0.250. The zero-order valence-electron chi connectivity index (χ0n) is 17.6. The molecule has 32 heavy (non-hydrogen) atoms. The maximum absolute atomic E-state index is 12.7. The Morgan fingerprint density at radius 3 is 2.47 bits per heavy atom. The standard InChI is InChI=1S/C24H24Cl2N4O2/c1-14(22-19(25)3-2-4-20(22)26)32-21-11-17(12-29-23(21)28)15-5-7-16(8-6-15)24(31)30-10-9-18(27)13-30/h2-8,11-12,14,18H,9-10,13,27H2,1H3,(H2,28,29)/t14?,18-/m0/s1. The molecule has 2 aromatic carbocycles. The molecule has 1 fully saturated rings. The summed E-state index contributed by atoms with van der Waals surface area (Å²) in [4.78, 5) is 18.7. The van der Waals surface area contributed by atoms with E-state index in [-0.39, 0.29) is 17.8 Å². The monoisotopic (exact) mass is 470 g/mol. The molecule has 0 aliphatic carbocycles. The lowest BCUT2D eigenvalue weighted by Crippen LogP contribution is -2.31. The van der Waals surface area contributed by atoms with Crippen molar-refractivity contribution < 1.29 is 9.53 Å². The number of halogens is 2. The first-order chi connectivity index (χ1) is 15.3. The van der Waals surface area contributed by atoms with E-state index in [0.717, 1.165) is 17.5 Å². The molecule has 1 amide bonds. The molecule has 0 spiro atoms. The summed E-state index contributed by atoms with van der Waals surface area (Å²) in [6.45, 7) is 3.14. The van der Waals surface area contributed by atoms with Gasteiger partial charge in [0.25, 0.3) is 5.91 Å². The number of benzene rings is 2. The highest BCUT2D eigenvalue weighted by atomic mass is 35.5. The second kappa shape index (κ2) is 9.36. The highest BCUT2D eigenvalue weighted by Crippen LogP contribution is 2.35. The molecule has 1 unspecified atom stereocenters. The number of nitrogens with two attached hydrogens (primary N) is 2. The number of nitrogen functional groups attached to an aromatic ring is 1. The van der Waals surface area contributed by atoms with E-state index in [2.05, 4.69) is 4.98 Å². The average Bonchev–Trinajstić information content (AvgIpc) is 3.21. The number of carbonyl (C=O) groups is 1. The lowest BCUT2D eigenvalue weighted by atomic mass is 10.0. The molecule has 2 heterocycles. The van der Waals surface area contributed by atoms with Gasteiger partial charge in [-0.3, -0.25) is 4.79 Å². The number of ether oxygens (including phenoxy) is 1. The number of nitrogens with zero attached hydrogens (tertiary/aromatic N) is 2. The van der Waals surface area contributed by atoms with Crippen LogP contribution in [0.15, 0.2) is 54.7 Å². The fourth-order valence-electron chi connectivity index (χ4n) is 3.82. The SMILES string of the molecule is CC(Oc1cc(-c2ccc(C(=O)N3CC[C@H](N)C3)cc2)cnc1N)c1c(Cl)cccc1Cl. The Labute approximate surface area is 197 Å². The lowest BCUT2D eigenvalue weighted by Gasteiger charge is -2.19. The zero-order valence-corrected chi connectivity index (χ0v) is 19.1. The summed E-state index contributed by atoms with van der Waals surface area (Å²) < 4.78 is 6.07. The fourth-order valence-corrected chi connectivity index (χ4v) is 4.52. The van der Waals surface area contributed by atoms with Gasteiger partial charge in [-0.2, -0.15) is 0 Å². The summed E-state index contributed by atoms with van der Waals surface area (Å²) in [6, 6.07) is 14.6. The second-order valence-corrected chi connectivity index (χ2v) is 8.69. The van der Waals surface area contributed by atoms with Crippen molar-refractivity contribution in [1.29, 1.82) is 0 Å². The van der Waals surface area contributed by atoms with Crippen molar-refractivity contribution in [3.8, 4) is 16.9 Å². The molecule has 1 saturated heterocycles. The van der Waals surface area contributed by atoms with Crippen LogP contribution in [0.2, 0.25) is 10.0 Å². The molecular weight excluding hydrogens is 447 g/mol. The van der Waals surface area contributed by atoms with Gasteiger partial charge in [0, 0.05) is 52.1 Å². The molecule has 4 rings (SSSR count). The predicted octanol–water partition coefficient (Wildman–Crippen LogP) is 4.95. The first-order valence-electron chi connectivity index (χ1n) is 10.3. The molecule has 6 nitrogen and oxygen atoms in total. The molecule has 0 saturated carbocycles. The van der Waals surface area contributed by atoms with Crippen molar-refractivity contribution >= 4 is 34.9 Å². The minimum atomic E-state index is -0.428. The van der Waals surface area contributed by atoms with Gasteiger partial charge < -0.3 is 21.1 Å². The number of rotatable bonds is 5. The summed E-state index contributed by atoms with van der Waals surface area (Å²) in [5, 5.41) is 1.04. The Morgan fingerprint density at radius 1 is 1.16 bits per heavy atom. The third-order valence-electron chi connectivity index (χ3n) is 5.57. The van der Waals surface area contributed by atoms with Crippen molar-refractivity contribution in [2.45, 2.75) is 25.5 Å². The van der Waals surface area contributed by atoms with Gasteiger partial charge in [-0.1, -0.05) is 41.4 Å². The van der Waals surface area contributed by atoms with Crippen LogP contribution in [-0.2, 0) is 0 Å². The number of hydrogen-bond donors (Lipinski definition) is 2. The Morgan fingerprint density at radius 2 is 1.84 bits per heavy atom. The van der Waals surface area contributed by atoms with E-state index < -0.39 is 6.10 Å². The van der Waals surface area contributed by atoms with Crippen molar-refractivity contribution in [1.82, 2.24) is 9.88 Å². The molecule has 4 N–H and O–H groups in total. The van der Waals surface area contributed by atoms with Gasteiger partial charge in [0.05, 0.1) is 0 Å². The molecular formula is C24H24Cl2N4O2. The molecule has 166 valence electrons. The van der Waals surface area contributed by atoms with Crippen LogP contribution < -0.4 is 16.2 Å². The normalized spacial score (nSPS) is 16.8. The Hall–Kier alpha value is -2.80. The number of hydrogen-bond acceptors (Lipinski definition) is 5. The Kier molecular flexibility index (Phi) is 6.55. The number of carbonyl (C=O) groups excluding carboxylic acids is 1. The van der Waals surface area contributed by atoms with Gasteiger partial charge in [0.1, 0.15) is 6.10 Å². The summed E-state index contributed by atoms with van der Waals surface area (Å²) in [6.07, 6.45) is 2.08. The van der Waals surface area contributed by atoms with E-state index in [1.807, 2.05) is 37.3 Å². The largest absolute Gasteiger partial charge is 0.482 e. The first-order valence-corrected chi connectivity index (χ1v) is 11.1. The minimum Gasteiger partial charge on any atom is -0.482 e. The van der Waals surface area contributed by atoms with Crippen LogP contribution in [-0.4, -0.2) is 34.9 Å². The van der Waals surface area contributed by atoms with Crippen molar-refractivity contribution in [2.75, 3.05) is 18.8 Å². The van der Waals surface area contributed by atoms with Crippen LogP contribution in [0.1, 0.15) is 35.4 Å². The van der Waals surface area contributed by atoms with E-state index in [1.165, 1.54) is 0 Å². The molecule has 0 radical (unpaired) electrons. The summed E-state index contributed by atoms with van der Waals surface area (Å²) in [7, 11) is 0. The molecule has 0 bridgehead atoms. The van der Waals surface area contributed by atoms with Gasteiger partial charge in [-0.05, 0) is 49.2 Å². The van der Waals surface area contributed by atoms with Crippen molar-refractivity contribution in [3.05, 3.63) is 75.9 Å². The van der Waals surface area contributed by atoms with Gasteiger partial charge in [-0.15, -0.1) is 0 Å². The van der Waals surface area contributed by atoms with E-state index in [4.69, 9.17) is 39.4 Å². The van der Waals surface area contributed by atoms with Crippen LogP contribution in [0, 0.1) is 0 Å². The molecule has 8 heteroatoms. The third kappa shape index (κ3) is 4.67. The second-order valence-electron chi connectivity index (χ2n) is 7.88. The van der Waals surface area contributed by atoms with Gasteiger partial charge in [-0.25, -0.2) is 4.98 Å². The number of amides is 1. The topological polar surface area (TPSA) is 94.5 Å². The van der Waals surface area contributed by atoms with Crippen LogP contribution in [0.5, 0.6) is 5.75 Å². The predicted molar refractivity (Wildman–Crippen MR) is 128 cm³/mol. The van der Waals surface area contributed by atoms with Crippen LogP contribution >= 0.6 is 23.2 Å². The lowest BCUT2D eigenvalue weighted by molar-refractivity contribution is 0.0791. The summed E-state index contributed by atoms with van der Waals surface area (Å²) >= 11 is 12.6. The van der Waals surface area contributed by atoms with Crippen molar-refractivity contribution in [3.63, 3.8) is 0 Å². The Bertz CT molecular complexity index is 1120. The van der Waals surface area contributed by atoms with Gasteiger partial charge >= 0.3 is 0 Å². The molecule has 1 aliphatic heterocycles. The highest BCUT2D eigenvalue weighted by molar-refractivity contribution is 6.36. The van der Waals surface area contributed by atoms with E-state index >= 15 is 0 Å². The third-order valence-corrected chi connectivity index (χ3v) is 6.23. The average molecular weight is 471 g/mol. The summed E-state index contributed by atoms with van der Waals surface area (Å²) in [5.41, 5.74) is 15.0. The van der Waals surface area contributed by atoms with Crippen LogP contribution in [0.3, 0.4) is 0 Å². The molecule has 2 atom stereocenters. The van der Waals surface area contributed by atoms with Crippen molar-refractivity contribution in [2.24, 2.45) is 5.73 Å². The highest BCUT2D eigenvalue weighted by Gasteiger charge is 2.24. The van der Waals surface area contributed by atoms with Gasteiger partial charge in [0.2, 0.25) is 0 Å². The maximum Gasteiger partial charge on any atom is 0.253 e. The number of likely N-dealkylation sites (tertiary alicyclic amines) is 1. The Balaban J connectivity index is 1.54. The summed E-state index contributed by atoms with van der Waals surface area (Å²) in [5.74, 6) is 0.688. The maximum atomic E-state index is 12.7. The number of anilines is 1. The quantitative estimate of drug-likeness (QED) is 0.549. The first kappa shape index (κ1) is 22.4. The van der Waals surface area contributed by atoms with E-state index in [9.17, 15) is 4.79 Å². The molecule has 3 aromatic rings. The smallest absolute Gasteiger partial charge is 0.253 e. The minimum absolute atomic E-state index is 0.00519. The molecule has 1 aromatic heterocycles. The number of pyridine rings is 1. The van der Waals surface area contributed by atoms with Crippen LogP contribution in [0.25, 0.3) is 11.1 Å². The zero-order chi connectivity index (χ0) is 22.8. The number of aromatic nitrogens is 1. The molecule has 1 aliphatic rings. The van der Waals surface area contributed by atoms with E-state index in [0.29, 0.717) is 40.0 Å². The van der Waals surface area contributed by atoms with Gasteiger partial charge in [0.15, 0.2) is 11.6 Å².